The van der Waals surface area contributed by atoms with Gasteiger partial charge in [-0.2, -0.15) is 0 Å². The summed E-state index contributed by atoms with van der Waals surface area (Å²) in [6, 6.07) is 26.2. The number of piperazine rings is 2. The second kappa shape index (κ2) is 20.5. The number of nitrogen functional groups attached to an aromatic ring is 1. The third-order valence-corrected chi connectivity index (χ3v) is 13.5. The molecule has 0 aliphatic carbocycles. The number of pyridine rings is 2. The van der Waals surface area contributed by atoms with E-state index >= 15 is 4.39 Å². The predicted molar refractivity (Wildman–Crippen MR) is 264 cm³/mol. The normalized spacial score (nSPS) is 17.7. The minimum absolute atomic E-state index is 0.135. The molecule has 0 bridgehead atoms. The highest BCUT2D eigenvalue weighted by Gasteiger charge is 2.40. The third kappa shape index (κ3) is 10.2. The van der Waals surface area contributed by atoms with Crippen molar-refractivity contribution < 1.29 is 23.6 Å². The zero-order valence-electron chi connectivity index (χ0n) is 39.5. The van der Waals surface area contributed by atoms with Crippen molar-refractivity contribution in [2.45, 2.75) is 65.7 Å². The number of fused-ring (bicyclic) bond motifs is 2. The molecule has 16 nitrogen and oxygen atoms in total. The van der Waals surface area contributed by atoms with E-state index in [4.69, 9.17) is 10.7 Å². The number of imidazole rings is 1. The predicted octanol–water partition coefficient (Wildman–Crippen LogP) is 5.77. The number of piperidine rings is 1. The Morgan fingerprint density at radius 2 is 1.61 bits per heavy atom. The fraction of sp³-hybridized carbons (Fsp3) is 0.365. The summed E-state index contributed by atoms with van der Waals surface area (Å²) in [6.07, 6.45) is 2.66. The van der Waals surface area contributed by atoms with E-state index in [1.165, 1.54) is 11.6 Å². The first-order chi connectivity index (χ1) is 33.5. The number of imide groups is 1. The molecule has 4 N–H and O–H groups in total. The summed E-state index contributed by atoms with van der Waals surface area (Å²) in [6.45, 7) is 14.2. The fourth-order valence-electron chi connectivity index (χ4n) is 9.79. The van der Waals surface area contributed by atoms with Gasteiger partial charge in [-0.1, -0.05) is 44.2 Å². The summed E-state index contributed by atoms with van der Waals surface area (Å²) < 4.78 is 17.7. The Morgan fingerprint density at radius 1 is 0.855 bits per heavy atom. The minimum Gasteiger partial charge on any atom is -0.384 e. The lowest BCUT2D eigenvalue weighted by molar-refractivity contribution is -0.137. The summed E-state index contributed by atoms with van der Waals surface area (Å²) in [5, 5.41) is 5.86. The largest absolute Gasteiger partial charge is 0.384 e. The van der Waals surface area contributed by atoms with Gasteiger partial charge in [-0.15, -0.1) is 0 Å². The molecule has 7 heterocycles. The van der Waals surface area contributed by atoms with Gasteiger partial charge in [-0.05, 0) is 73.0 Å². The molecule has 3 saturated heterocycles. The van der Waals surface area contributed by atoms with E-state index in [1.54, 1.807) is 29.3 Å². The Morgan fingerprint density at radius 3 is 2.35 bits per heavy atom. The number of carbonyl (C=O) groups is 4. The number of halogens is 1. The van der Waals surface area contributed by atoms with Gasteiger partial charge in [0.25, 0.3) is 5.91 Å². The van der Waals surface area contributed by atoms with E-state index in [-0.39, 0.29) is 30.0 Å². The molecule has 3 aromatic carbocycles. The summed E-state index contributed by atoms with van der Waals surface area (Å²) in [7, 11) is 0. The molecule has 17 heteroatoms. The van der Waals surface area contributed by atoms with Crippen LogP contribution in [0.2, 0.25) is 0 Å². The number of nitrogens with one attached hydrogen (secondary N) is 2. The summed E-state index contributed by atoms with van der Waals surface area (Å²) in [4.78, 5) is 74.7. The molecule has 6 aromatic rings. The molecule has 1 unspecified atom stereocenters. The first-order valence-corrected chi connectivity index (χ1v) is 24.0. The molecule has 10 rings (SSSR count). The smallest absolute Gasteiger partial charge is 0.255 e. The highest BCUT2D eigenvalue weighted by atomic mass is 19.1. The average molecular weight is 935 g/mol. The zero-order chi connectivity index (χ0) is 48.2. The second-order valence-corrected chi connectivity index (χ2v) is 17.8. The highest BCUT2D eigenvalue weighted by Crippen LogP contribution is 2.33. The molecule has 3 fully saturated rings. The maximum absolute atomic E-state index is 15.9. The molecule has 69 heavy (non-hydrogen) atoms. The van der Waals surface area contributed by atoms with Crippen molar-refractivity contribution in [3.8, 4) is 16.9 Å². The van der Waals surface area contributed by atoms with Crippen LogP contribution < -0.4 is 21.3 Å². The molecule has 4 amide bonds. The van der Waals surface area contributed by atoms with Crippen LogP contribution in [0.1, 0.15) is 66.0 Å². The van der Waals surface area contributed by atoms with Crippen LogP contribution in [0.5, 0.6) is 0 Å². The van der Waals surface area contributed by atoms with Gasteiger partial charge in [0.05, 0.1) is 17.1 Å². The number of nitrogens with zero attached hydrogens (tertiary/aromatic N) is 9. The number of aromatic nitrogens is 4. The van der Waals surface area contributed by atoms with Crippen molar-refractivity contribution in [1.29, 1.82) is 0 Å². The van der Waals surface area contributed by atoms with Crippen molar-refractivity contribution in [2.24, 2.45) is 0 Å². The summed E-state index contributed by atoms with van der Waals surface area (Å²) in [5.74, 6) is -0.000438. The van der Waals surface area contributed by atoms with Gasteiger partial charge in [0, 0.05) is 126 Å². The number of aryl methyl sites for hydroxylation is 1. The van der Waals surface area contributed by atoms with Gasteiger partial charge < -0.3 is 30.7 Å². The van der Waals surface area contributed by atoms with Gasteiger partial charge in [-0.3, -0.25) is 34.0 Å². The first-order valence-electron chi connectivity index (χ1n) is 24.0. The molecule has 358 valence electrons. The van der Waals surface area contributed by atoms with Crippen LogP contribution in [-0.4, -0.2) is 128 Å². The molecule has 4 aliphatic rings. The van der Waals surface area contributed by atoms with Gasteiger partial charge >= 0.3 is 0 Å². The molecule has 3 aromatic heterocycles. The lowest BCUT2D eigenvalue weighted by atomic mass is 10.0. The summed E-state index contributed by atoms with van der Waals surface area (Å²) >= 11 is 0. The SMILES string of the molecule is CC.Cc1nc2ccc(-c3ccnc(N)c3)nc2n1-c1ccc(N2CCN(C(=O)CCN3CCN(Cc4ccc(CNc5cccc6c5CN(C5CCC(=O)NC5=O)C6=O)cc4)CC3)CC2)c(F)c1. The Labute approximate surface area is 401 Å². The number of benzene rings is 3. The Hall–Kier alpha value is -7.24. The molecule has 4 aliphatic heterocycles. The van der Waals surface area contributed by atoms with Gasteiger partial charge in [-0.25, -0.2) is 19.3 Å². The van der Waals surface area contributed by atoms with Crippen molar-refractivity contribution in [3.63, 3.8) is 0 Å². The van der Waals surface area contributed by atoms with Crippen LogP contribution >= 0.6 is 0 Å². The van der Waals surface area contributed by atoms with Crippen molar-refractivity contribution in [2.75, 3.05) is 74.9 Å². The molecule has 1 atom stereocenters. The van der Waals surface area contributed by atoms with Crippen molar-refractivity contribution in [3.05, 3.63) is 125 Å². The van der Waals surface area contributed by atoms with Crippen LogP contribution in [0, 0.1) is 12.7 Å². The van der Waals surface area contributed by atoms with E-state index < -0.39 is 11.9 Å². The van der Waals surface area contributed by atoms with Crippen molar-refractivity contribution in [1.82, 2.24) is 44.4 Å². The minimum atomic E-state index is -0.646. The number of hydrogen-bond acceptors (Lipinski definition) is 12. The fourth-order valence-corrected chi connectivity index (χ4v) is 9.79. The number of nitrogens with two attached hydrogens (primary N) is 1. The highest BCUT2D eigenvalue weighted by molar-refractivity contribution is 6.06. The van der Waals surface area contributed by atoms with E-state index in [0.717, 1.165) is 60.8 Å². The second-order valence-electron chi connectivity index (χ2n) is 17.8. The lowest BCUT2D eigenvalue weighted by Crippen LogP contribution is -2.52. The Balaban J connectivity index is 0.00000293. The number of anilines is 3. The molecular weight excluding hydrogens is 876 g/mol. The van der Waals surface area contributed by atoms with Crippen LogP contribution in [0.25, 0.3) is 28.1 Å². The van der Waals surface area contributed by atoms with Gasteiger partial charge in [0.1, 0.15) is 29.0 Å². The Bertz CT molecular complexity index is 2870. The standard InChI is InChI=1S/C50H53FN12O4.C2H6/c1-32-55-42-11-10-40(35-15-17-53-45(52)27-35)56-48(42)63(32)36-9-12-43(39(51)28-36)60-23-25-61(26-24-60)47(65)16-18-58-19-21-59(22-20-58)30-34-7-5-33(6-8-34)29-54-41-4-2-3-37-38(41)31-62(50(37)67)44-13-14-46(64)57-49(44)66;1-2/h2-12,15,17,27-28,44,54H,13-14,16,18-26,29-31H2,1H3,(H2,52,53)(H,57,64,66);1-2H3. The van der Waals surface area contributed by atoms with Crippen LogP contribution in [0.3, 0.4) is 0 Å². The van der Waals surface area contributed by atoms with E-state index in [9.17, 15) is 19.2 Å². The number of rotatable bonds is 12. The number of amides is 4. The molecule has 0 saturated carbocycles. The van der Waals surface area contributed by atoms with Gasteiger partial charge in [0.15, 0.2) is 5.65 Å². The Kier molecular flexibility index (Phi) is 14.0. The van der Waals surface area contributed by atoms with Crippen LogP contribution in [-0.2, 0) is 34.0 Å². The maximum atomic E-state index is 15.9. The monoisotopic (exact) mass is 934 g/mol. The van der Waals surface area contributed by atoms with Crippen molar-refractivity contribution >= 4 is 52.0 Å². The quantitative estimate of drug-likeness (QED) is 0.127. The molecule has 0 radical (unpaired) electrons. The van der Waals surface area contributed by atoms with E-state index in [1.807, 2.05) is 71.5 Å². The van der Waals surface area contributed by atoms with Gasteiger partial charge in [0.2, 0.25) is 17.7 Å². The lowest BCUT2D eigenvalue weighted by Gasteiger charge is -2.37. The first kappa shape index (κ1) is 46.9. The van der Waals surface area contributed by atoms with Crippen LogP contribution in [0.15, 0.2) is 91.1 Å². The average Bonchev–Trinajstić information content (AvgIpc) is 3.89. The molecular formula is C52H59FN12O4. The molecule has 0 spiro atoms. The maximum Gasteiger partial charge on any atom is 0.255 e. The topological polar surface area (TPSA) is 178 Å². The van der Waals surface area contributed by atoms with E-state index in [2.05, 4.69) is 54.7 Å². The van der Waals surface area contributed by atoms with Crippen LogP contribution in [0.4, 0.5) is 21.6 Å². The summed E-state index contributed by atoms with van der Waals surface area (Å²) in [5.41, 5.74) is 14.6. The number of hydrogen-bond donors (Lipinski definition) is 3. The third-order valence-electron chi connectivity index (χ3n) is 13.5. The van der Waals surface area contributed by atoms with E-state index in [0.29, 0.717) is 98.4 Å². The zero-order valence-corrected chi connectivity index (χ0v) is 39.5. The number of carbonyl (C=O) groups excluding carboxylic acids is 4.